The van der Waals surface area contributed by atoms with E-state index in [4.69, 9.17) is 0 Å². The van der Waals surface area contributed by atoms with Crippen LogP contribution in [0.15, 0.2) is 42.6 Å². The minimum absolute atomic E-state index is 0.0531. The predicted molar refractivity (Wildman–Crippen MR) is 127 cm³/mol. The third-order valence-corrected chi connectivity index (χ3v) is 6.48. The summed E-state index contributed by atoms with van der Waals surface area (Å²) in [6.45, 7) is 5.66. The maximum Gasteiger partial charge on any atom is 0.317 e. The van der Waals surface area contributed by atoms with Gasteiger partial charge in [0.05, 0.1) is 11.9 Å². The predicted octanol–water partition coefficient (Wildman–Crippen LogP) is 4.05. The topological polar surface area (TPSA) is 77.6 Å². The van der Waals surface area contributed by atoms with Gasteiger partial charge in [-0.3, -0.25) is 4.79 Å². The fourth-order valence-corrected chi connectivity index (χ4v) is 4.43. The van der Waals surface area contributed by atoms with Gasteiger partial charge in [-0.2, -0.15) is 0 Å². The first-order chi connectivity index (χ1) is 15.6. The lowest BCUT2D eigenvalue weighted by Crippen LogP contribution is -2.52. The highest BCUT2D eigenvalue weighted by atomic mass is 16.2. The Bertz CT molecular complexity index is 899. The summed E-state index contributed by atoms with van der Waals surface area (Å²) in [5.41, 5.74) is 2.41. The van der Waals surface area contributed by atoms with E-state index in [1.54, 1.807) is 6.20 Å². The van der Waals surface area contributed by atoms with Crippen LogP contribution in [0.1, 0.15) is 48.0 Å². The van der Waals surface area contributed by atoms with Crippen molar-refractivity contribution in [3.05, 3.63) is 53.7 Å². The van der Waals surface area contributed by atoms with Crippen LogP contribution in [-0.2, 0) is 0 Å². The molecule has 0 atom stereocenters. The average Bonchev–Trinajstić information content (AvgIpc) is 2.84. The number of nitrogens with zero attached hydrogens (tertiary/aromatic N) is 3. The summed E-state index contributed by atoms with van der Waals surface area (Å²) in [5.74, 6) is 1.36. The second-order valence-corrected chi connectivity index (χ2v) is 8.89. The summed E-state index contributed by atoms with van der Waals surface area (Å²) in [5, 5.41) is 6.02. The Kier molecular flexibility index (Phi) is 7.24. The molecule has 170 valence electrons. The molecule has 2 fully saturated rings. The van der Waals surface area contributed by atoms with Crippen LogP contribution in [0.5, 0.6) is 0 Å². The Morgan fingerprint density at radius 3 is 2.34 bits per heavy atom. The van der Waals surface area contributed by atoms with E-state index in [1.807, 2.05) is 48.2 Å². The van der Waals surface area contributed by atoms with Crippen molar-refractivity contribution >= 4 is 23.4 Å². The van der Waals surface area contributed by atoms with Crippen molar-refractivity contribution in [1.82, 2.24) is 15.2 Å². The Labute approximate surface area is 190 Å². The van der Waals surface area contributed by atoms with E-state index in [0.29, 0.717) is 30.3 Å². The molecule has 2 N–H and O–H groups in total. The number of urea groups is 1. The van der Waals surface area contributed by atoms with Crippen LogP contribution < -0.4 is 15.5 Å². The van der Waals surface area contributed by atoms with Crippen molar-refractivity contribution in [3.8, 4) is 0 Å². The number of benzene rings is 1. The molecule has 1 aliphatic carbocycles. The van der Waals surface area contributed by atoms with Crippen molar-refractivity contribution < 1.29 is 9.59 Å². The van der Waals surface area contributed by atoms with Gasteiger partial charge in [-0.15, -0.1) is 0 Å². The quantitative estimate of drug-likeness (QED) is 0.743. The molecule has 0 bridgehead atoms. The normalized spacial score (nSPS) is 17.2. The van der Waals surface area contributed by atoms with Crippen molar-refractivity contribution in [1.29, 1.82) is 0 Å². The highest BCUT2D eigenvalue weighted by Gasteiger charge is 2.23. The maximum atomic E-state index is 12.5. The zero-order chi connectivity index (χ0) is 22.3. The fraction of sp³-hybridized carbons (Fsp3) is 0.480. The summed E-state index contributed by atoms with van der Waals surface area (Å²) >= 11 is 0. The van der Waals surface area contributed by atoms with Gasteiger partial charge in [0.25, 0.3) is 5.91 Å². The molecule has 2 heterocycles. The van der Waals surface area contributed by atoms with Crippen molar-refractivity contribution in [2.24, 2.45) is 5.92 Å². The number of nitrogens with one attached hydrogen (secondary N) is 2. The van der Waals surface area contributed by atoms with E-state index in [-0.39, 0.29) is 11.9 Å². The summed E-state index contributed by atoms with van der Waals surface area (Å²) in [7, 11) is 0. The molecular formula is C25H33N5O2. The van der Waals surface area contributed by atoms with Gasteiger partial charge < -0.3 is 20.4 Å². The average molecular weight is 436 g/mol. The molecule has 2 aromatic rings. The second kappa shape index (κ2) is 10.5. The molecule has 0 spiro atoms. The number of hydrogen-bond donors (Lipinski definition) is 2. The van der Waals surface area contributed by atoms with Gasteiger partial charge in [0, 0.05) is 38.3 Å². The first kappa shape index (κ1) is 22.1. The first-order valence-electron chi connectivity index (χ1n) is 11.7. The smallest absolute Gasteiger partial charge is 0.317 e. The first-order valence-corrected chi connectivity index (χ1v) is 11.7. The van der Waals surface area contributed by atoms with Gasteiger partial charge in [0.2, 0.25) is 0 Å². The molecule has 0 unspecified atom stereocenters. The number of aryl methyl sites for hydroxylation is 1. The minimum Gasteiger partial charge on any atom is -0.353 e. The fourth-order valence-electron chi connectivity index (χ4n) is 4.43. The highest BCUT2D eigenvalue weighted by Crippen LogP contribution is 2.23. The van der Waals surface area contributed by atoms with E-state index < -0.39 is 0 Å². The summed E-state index contributed by atoms with van der Waals surface area (Å²) in [4.78, 5) is 33.5. The highest BCUT2D eigenvalue weighted by molar-refractivity contribution is 6.04. The number of pyridine rings is 1. The van der Waals surface area contributed by atoms with Gasteiger partial charge in [-0.1, -0.05) is 37.0 Å². The molecule has 1 aromatic heterocycles. The Balaban J connectivity index is 1.23. The third-order valence-electron chi connectivity index (χ3n) is 6.48. The van der Waals surface area contributed by atoms with E-state index in [9.17, 15) is 9.59 Å². The molecule has 7 nitrogen and oxygen atoms in total. The summed E-state index contributed by atoms with van der Waals surface area (Å²) < 4.78 is 0. The zero-order valence-electron chi connectivity index (χ0n) is 18.8. The van der Waals surface area contributed by atoms with Crippen molar-refractivity contribution in [2.45, 2.75) is 39.0 Å². The lowest BCUT2D eigenvalue weighted by atomic mass is 9.89. The van der Waals surface area contributed by atoms with Gasteiger partial charge >= 0.3 is 6.03 Å². The number of anilines is 2. The number of carbonyl (C=O) groups excluding carboxylic acids is 2. The maximum absolute atomic E-state index is 12.5. The SMILES string of the molecule is Cc1ccc(C(=O)Nc2ccc(N3CCN(C(=O)NCC4CCCCC4)CC3)nc2)cc1. The number of amides is 3. The standard InChI is InChI=1S/C25H33N5O2/c1-19-7-9-21(10-8-19)24(31)28-22-11-12-23(26-18-22)29-13-15-30(16-14-29)25(32)27-17-20-5-3-2-4-6-20/h7-12,18,20H,2-6,13-17H2,1H3,(H,27,32)(H,28,31). The number of piperazine rings is 1. The molecule has 7 heteroatoms. The molecule has 1 aliphatic heterocycles. The van der Waals surface area contributed by atoms with E-state index in [2.05, 4.69) is 20.5 Å². The summed E-state index contributed by atoms with van der Waals surface area (Å²) in [6.07, 6.45) is 8.08. The summed E-state index contributed by atoms with van der Waals surface area (Å²) in [6, 6.07) is 11.3. The van der Waals surface area contributed by atoms with Crippen LogP contribution in [0.4, 0.5) is 16.3 Å². The number of hydrogen-bond acceptors (Lipinski definition) is 4. The van der Waals surface area contributed by atoms with Crippen LogP contribution >= 0.6 is 0 Å². The van der Waals surface area contributed by atoms with Crippen molar-refractivity contribution in [3.63, 3.8) is 0 Å². The second-order valence-electron chi connectivity index (χ2n) is 8.89. The van der Waals surface area contributed by atoms with Crippen LogP contribution in [0, 0.1) is 12.8 Å². The van der Waals surface area contributed by atoms with Crippen LogP contribution in [0.25, 0.3) is 0 Å². The molecule has 2 aliphatic rings. The number of carbonyl (C=O) groups is 2. The van der Waals surface area contributed by atoms with Crippen LogP contribution in [0.2, 0.25) is 0 Å². The van der Waals surface area contributed by atoms with Crippen molar-refractivity contribution in [2.75, 3.05) is 42.9 Å². The molecule has 3 amide bonds. The monoisotopic (exact) mass is 435 g/mol. The minimum atomic E-state index is -0.146. The Hall–Kier alpha value is -3.09. The van der Waals surface area contributed by atoms with Gasteiger partial charge in [-0.05, 0) is 49.9 Å². The Morgan fingerprint density at radius 1 is 0.969 bits per heavy atom. The molecule has 32 heavy (non-hydrogen) atoms. The van der Waals surface area contributed by atoms with E-state index >= 15 is 0 Å². The lowest BCUT2D eigenvalue weighted by Gasteiger charge is -2.35. The number of aromatic nitrogens is 1. The van der Waals surface area contributed by atoms with Gasteiger partial charge in [0.1, 0.15) is 5.82 Å². The lowest BCUT2D eigenvalue weighted by molar-refractivity contribution is 0.102. The Morgan fingerprint density at radius 2 is 1.69 bits per heavy atom. The molecule has 1 aromatic carbocycles. The third kappa shape index (κ3) is 5.78. The zero-order valence-corrected chi connectivity index (χ0v) is 18.8. The molecule has 4 rings (SSSR count). The van der Waals surface area contributed by atoms with Crippen LogP contribution in [0.3, 0.4) is 0 Å². The van der Waals surface area contributed by atoms with E-state index in [1.165, 1.54) is 32.1 Å². The molecule has 0 radical (unpaired) electrons. The van der Waals surface area contributed by atoms with Gasteiger partial charge in [-0.25, -0.2) is 9.78 Å². The van der Waals surface area contributed by atoms with Crippen LogP contribution in [-0.4, -0.2) is 54.5 Å². The molecule has 1 saturated heterocycles. The van der Waals surface area contributed by atoms with E-state index in [0.717, 1.165) is 31.0 Å². The molecular weight excluding hydrogens is 402 g/mol. The largest absolute Gasteiger partial charge is 0.353 e. The molecule has 1 saturated carbocycles. The number of rotatable bonds is 5. The van der Waals surface area contributed by atoms with Gasteiger partial charge in [0.15, 0.2) is 0 Å².